The molecule has 2 heterocycles. The summed E-state index contributed by atoms with van der Waals surface area (Å²) in [6.45, 7) is 5.77. The second-order valence-corrected chi connectivity index (χ2v) is 10.3. The van der Waals surface area contributed by atoms with Crippen molar-refractivity contribution in [3.8, 4) is 11.5 Å². The van der Waals surface area contributed by atoms with E-state index in [1.807, 2.05) is 22.8 Å². The fourth-order valence-electron chi connectivity index (χ4n) is 4.78. The van der Waals surface area contributed by atoms with Crippen molar-refractivity contribution in [3.63, 3.8) is 0 Å². The fourth-order valence-corrected chi connectivity index (χ4v) is 4.78. The van der Waals surface area contributed by atoms with Crippen LogP contribution in [0.15, 0.2) is 42.5 Å². The Morgan fingerprint density at radius 1 is 1.09 bits per heavy atom. The van der Waals surface area contributed by atoms with Gasteiger partial charge in [0.15, 0.2) is 11.5 Å². The molecule has 2 aliphatic rings. The van der Waals surface area contributed by atoms with Crippen LogP contribution in [0, 0.1) is 0 Å². The predicted molar refractivity (Wildman–Crippen MR) is 130 cm³/mol. The number of fused-ring (bicyclic) bond motifs is 2. The van der Waals surface area contributed by atoms with Crippen LogP contribution in [-0.2, 0) is 15.6 Å². The van der Waals surface area contributed by atoms with E-state index in [4.69, 9.17) is 0 Å². The number of alkyl halides is 2. The second kappa shape index (κ2) is 7.93. The Labute approximate surface area is 204 Å². The molecule has 1 aromatic heterocycles. The Kier molecular flexibility index (Phi) is 5.34. The van der Waals surface area contributed by atoms with Crippen LogP contribution >= 0.6 is 0 Å². The highest BCUT2D eigenvalue weighted by Gasteiger charge is 2.52. The third kappa shape index (κ3) is 4.02. The number of carbonyl (C=O) groups is 1. The van der Waals surface area contributed by atoms with Gasteiger partial charge in [0.05, 0.1) is 24.7 Å². The number of ether oxygens (including phenoxy) is 2. The van der Waals surface area contributed by atoms with Gasteiger partial charge in [0.2, 0.25) is 5.91 Å². The van der Waals surface area contributed by atoms with Crippen LogP contribution < -0.4 is 14.8 Å². The standard InChI is InChI=1S/C26H28F2N2O5.2H2/c1-24(2,3)22-11-15-10-17(5-6-19(15)30(22)18(13-31)14-32)29-23(33)25(8-9-25)16-4-7-20-21(12-16)35-26(27,28)34-20;;/h4-7,10-12,18,31-32H,8-9,13-14H2,1-3H3,(H,29,33);2*1H. The minimum Gasteiger partial charge on any atom is -0.395 e. The highest BCUT2D eigenvalue weighted by molar-refractivity contribution is 6.02. The molecular formula is C26H32F2N2O5. The topological polar surface area (TPSA) is 93.0 Å². The Morgan fingerprint density at radius 3 is 2.40 bits per heavy atom. The van der Waals surface area contributed by atoms with Crippen molar-refractivity contribution in [1.82, 2.24) is 4.57 Å². The highest BCUT2D eigenvalue weighted by Crippen LogP contribution is 2.52. The number of anilines is 1. The fraction of sp³-hybridized carbons (Fsp3) is 0.423. The number of aromatic nitrogens is 1. The lowest BCUT2D eigenvalue weighted by molar-refractivity contribution is -0.286. The molecule has 5 rings (SSSR count). The van der Waals surface area contributed by atoms with Gasteiger partial charge in [0, 0.05) is 30.6 Å². The average Bonchev–Trinajstić information content (AvgIpc) is 3.42. The number of rotatable bonds is 6. The van der Waals surface area contributed by atoms with E-state index in [9.17, 15) is 23.8 Å². The molecule has 0 atom stereocenters. The molecule has 0 spiro atoms. The molecule has 0 unspecified atom stereocenters. The first-order valence-corrected chi connectivity index (χ1v) is 11.6. The summed E-state index contributed by atoms with van der Waals surface area (Å²) < 4.78 is 37.8. The first-order chi connectivity index (χ1) is 16.5. The van der Waals surface area contributed by atoms with E-state index in [0.717, 1.165) is 16.6 Å². The molecule has 0 radical (unpaired) electrons. The summed E-state index contributed by atoms with van der Waals surface area (Å²) in [6, 6.07) is 11.5. The van der Waals surface area contributed by atoms with Crippen LogP contribution in [0.2, 0.25) is 0 Å². The molecule has 1 aliphatic heterocycles. The second-order valence-electron chi connectivity index (χ2n) is 10.3. The first kappa shape index (κ1) is 23.6. The van der Waals surface area contributed by atoms with E-state index < -0.39 is 17.8 Å². The van der Waals surface area contributed by atoms with Crippen LogP contribution in [0.4, 0.5) is 14.5 Å². The van der Waals surface area contributed by atoms with Crippen LogP contribution in [0.5, 0.6) is 11.5 Å². The lowest BCUT2D eigenvalue weighted by Gasteiger charge is -2.26. The average molecular weight is 491 g/mol. The highest BCUT2D eigenvalue weighted by atomic mass is 19.3. The molecule has 9 heteroatoms. The summed E-state index contributed by atoms with van der Waals surface area (Å²) in [7, 11) is 0. The van der Waals surface area contributed by atoms with Gasteiger partial charge in [-0.05, 0) is 54.8 Å². The van der Waals surface area contributed by atoms with Gasteiger partial charge in [-0.15, -0.1) is 8.78 Å². The lowest BCUT2D eigenvalue weighted by atomic mass is 9.91. The predicted octanol–water partition coefficient (Wildman–Crippen LogP) is 4.95. The van der Waals surface area contributed by atoms with Crippen molar-refractivity contribution in [2.75, 3.05) is 18.5 Å². The van der Waals surface area contributed by atoms with Crippen molar-refractivity contribution in [1.29, 1.82) is 0 Å². The Morgan fingerprint density at radius 2 is 1.77 bits per heavy atom. The number of benzene rings is 2. The summed E-state index contributed by atoms with van der Waals surface area (Å²) in [5.74, 6) is -0.350. The number of carbonyl (C=O) groups excluding carboxylic acids is 1. The molecule has 2 aromatic carbocycles. The molecular weight excluding hydrogens is 458 g/mol. The van der Waals surface area contributed by atoms with E-state index in [0.29, 0.717) is 24.1 Å². The minimum atomic E-state index is -3.71. The SMILES string of the molecule is CC(C)(C)c1cc2cc(NC(=O)C3(c4ccc5c(c4)OC(F)(F)O5)CC3)ccc2n1C(CO)CO.[HH].[HH]. The van der Waals surface area contributed by atoms with Crippen LogP contribution in [0.25, 0.3) is 10.9 Å². The summed E-state index contributed by atoms with van der Waals surface area (Å²) in [6.07, 6.45) is -2.52. The number of aliphatic hydroxyl groups excluding tert-OH is 2. The smallest absolute Gasteiger partial charge is 0.395 e. The molecule has 1 amide bonds. The summed E-state index contributed by atoms with van der Waals surface area (Å²) >= 11 is 0. The van der Waals surface area contributed by atoms with E-state index in [2.05, 4.69) is 35.6 Å². The van der Waals surface area contributed by atoms with Crippen molar-refractivity contribution < 1.29 is 36.1 Å². The molecule has 7 nitrogen and oxygen atoms in total. The Hall–Kier alpha value is -3.17. The zero-order valence-corrected chi connectivity index (χ0v) is 19.8. The van der Waals surface area contributed by atoms with Crippen molar-refractivity contribution >= 4 is 22.5 Å². The minimum absolute atomic E-state index is 0. The molecule has 0 bridgehead atoms. The monoisotopic (exact) mass is 490 g/mol. The molecule has 3 aromatic rings. The largest absolute Gasteiger partial charge is 0.586 e. The van der Waals surface area contributed by atoms with Gasteiger partial charge in [0.1, 0.15) is 0 Å². The summed E-state index contributed by atoms with van der Waals surface area (Å²) in [5, 5.41) is 23.5. The molecule has 1 saturated carbocycles. The number of nitrogens with one attached hydrogen (secondary N) is 1. The van der Waals surface area contributed by atoms with E-state index in [-0.39, 0.29) is 38.9 Å². The maximum Gasteiger partial charge on any atom is 0.586 e. The third-order valence-electron chi connectivity index (χ3n) is 6.79. The zero-order chi connectivity index (χ0) is 25.2. The van der Waals surface area contributed by atoms with Crippen molar-refractivity contribution in [2.24, 2.45) is 0 Å². The van der Waals surface area contributed by atoms with Crippen LogP contribution in [0.3, 0.4) is 0 Å². The van der Waals surface area contributed by atoms with Crippen LogP contribution in [0.1, 0.15) is 53.8 Å². The summed E-state index contributed by atoms with van der Waals surface area (Å²) in [4.78, 5) is 13.3. The third-order valence-corrected chi connectivity index (χ3v) is 6.79. The van der Waals surface area contributed by atoms with Crippen molar-refractivity contribution in [2.45, 2.75) is 56.8 Å². The number of halogens is 2. The molecule has 3 N–H and O–H groups in total. The Bertz CT molecular complexity index is 1310. The molecule has 1 aliphatic carbocycles. The van der Waals surface area contributed by atoms with Gasteiger partial charge in [0.25, 0.3) is 0 Å². The van der Waals surface area contributed by atoms with Gasteiger partial charge < -0.3 is 29.6 Å². The maximum atomic E-state index is 13.4. The number of aliphatic hydroxyl groups is 2. The molecule has 0 saturated heterocycles. The van der Waals surface area contributed by atoms with Crippen LogP contribution in [-0.4, -0.2) is 40.2 Å². The number of hydrogen-bond donors (Lipinski definition) is 3. The molecule has 1 fully saturated rings. The Balaban J connectivity index is 0.00000190. The van der Waals surface area contributed by atoms with Crippen molar-refractivity contribution in [3.05, 3.63) is 53.7 Å². The first-order valence-electron chi connectivity index (χ1n) is 11.6. The molecule has 35 heavy (non-hydrogen) atoms. The number of amides is 1. The number of hydrogen-bond acceptors (Lipinski definition) is 5. The summed E-state index contributed by atoms with van der Waals surface area (Å²) in [5.41, 5.74) is 1.96. The van der Waals surface area contributed by atoms with Gasteiger partial charge >= 0.3 is 6.29 Å². The lowest BCUT2D eigenvalue weighted by Crippen LogP contribution is -2.28. The van der Waals surface area contributed by atoms with E-state index in [1.54, 1.807) is 12.1 Å². The van der Waals surface area contributed by atoms with Gasteiger partial charge in [-0.2, -0.15) is 0 Å². The van der Waals surface area contributed by atoms with E-state index in [1.165, 1.54) is 12.1 Å². The van der Waals surface area contributed by atoms with Gasteiger partial charge in [-0.3, -0.25) is 4.79 Å². The van der Waals surface area contributed by atoms with Gasteiger partial charge in [-0.1, -0.05) is 26.8 Å². The van der Waals surface area contributed by atoms with Gasteiger partial charge in [-0.25, -0.2) is 0 Å². The number of nitrogens with zero attached hydrogens (tertiary/aromatic N) is 1. The normalized spacial score (nSPS) is 17.7. The maximum absolute atomic E-state index is 13.4. The molecule has 190 valence electrons. The zero-order valence-electron chi connectivity index (χ0n) is 19.8. The quantitative estimate of drug-likeness (QED) is 0.455. The van der Waals surface area contributed by atoms with E-state index >= 15 is 0 Å².